The van der Waals surface area contributed by atoms with E-state index in [9.17, 15) is 22.6 Å². The van der Waals surface area contributed by atoms with E-state index in [2.05, 4.69) is 4.18 Å². The maximum absolute atomic E-state index is 13.0. The molecular weight excluding hydrogens is 587 g/mol. The molecule has 0 fully saturated rings. The molecule has 4 rings (SSSR count). The van der Waals surface area contributed by atoms with Crippen molar-refractivity contribution in [2.45, 2.75) is 34.3 Å². The van der Waals surface area contributed by atoms with Gasteiger partial charge in [-0.05, 0) is 39.8 Å². The normalized spacial score (nSPS) is 11.2. The molecule has 0 radical (unpaired) electrons. The Morgan fingerprint density at radius 3 is 1.93 bits per heavy atom. The summed E-state index contributed by atoms with van der Waals surface area (Å²) in [7, 11) is -3.74. The molecular formula is C27H27NaO13S. The molecule has 0 aliphatic carbocycles. The van der Waals surface area contributed by atoms with Gasteiger partial charge in [0.05, 0.1) is 26.9 Å². The van der Waals surface area contributed by atoms with Crippen molar-refractivity contribution in [1.82, 2.24) is 0 Å². The molecule has 0 aliphatic heterocycles. The van der Waals surface area contributed by atoms with Gasteiger partial charge in [0.1, 0.15) is 34.7 Å². The summed E-state index contributed by atoms with van der Waals surface area (Å²) in [6.45, 7) is 6.57. The summed E-state index contributed by atoms with van der Waals surface area (Å²) in [5.74, 6) is -1.05. The zero-order valence-electron chi connectivity index (χ0n) is 23.9. The Morgan fingerprint density at radius 1 is 0.786 bits per heavy atom. The molecule has 0 aliphatic rings. The zero-order chi connectivity index (χ0) is 29.9. The van der Waals surface area contributed by atoms with E-state index in [1.165, 1.54) is 13.2 Å². The Kier molecular flexibility index (Phi) is 10.8. The van der Waals surface area contributed by atoms with Crippen molar-refractivity contribution in [2.75, 3.05) is 26.9 Å². The molecule has 0 bridgehead atoms. The molecule has 0 amide bonds. The molecule has 0 spiro atoms. The number of hydrogen-bond acceptors (Lipinski definition) is 13. The molecule has 15 heteroatoms. The summed E-state index contributed by atoms with van der Waals surface area (Å²) in [6.07, 6.45) is 0. The minimum absolute atomic E-state index is 0. The first-order valence-corrected chi connectivity index (χ1v) is 13.8. The van der Waals surface area contributed by atoms with Crippen molar-refractivity contribution in [3.63, 3.8) is 0 Å². The van der Waals surface area contributed by atoms with Crippen LogP contribution < -0.4 is 48.0 Å². The molecule has 2 heterocycles. The molecule has 2 aromatic carbocycles. The molecule has 0 atom stereocenters. The summed E-state index contributed by atoms with van der Waals surface area (Å²) in [5.41, 5.74) is 0.636. The number of benzene rings is 2. The maximum Gasteiger partial charge on any atom is 1.00 e. The molecule has 0 saturated carbocycles. The van der Waals surface area contributed by atoms with Gasteiger partial charge in [-0.3, -0.25) is 0 Å². The minimum atomic E-state index is -5.16. The SMILES string of the molecule is CCOC(=O)c1c(C)oc2cc(OC)c(OCc3oc4cc(OCC)c(OS(=O)(=O)[O-])cc4c3C(=O)OCC)cc12.[Na+]. The van der Waals surface area contributed by atoms with Gasteiger partial charge in [-0.2, -0.15) is 0 Å². The van der Waals surface area contributed by atoms with E-state index in [0.717, 1.165) is 6.07 Å². The van der Waals surface area contributed by atoms with Crippen LogP contribution in [0.3, 0.4) is 0 Å². The number of methoxy groups -OCH3 is 1. The Labute approximate surface area is 263 Å². The van der Waals surface area contributed by atoms with E-state index >= 15 is 0 Å². The summed E-state index contributed by atoms with van der Waals surface area (Å²) in [6, 6.07) is 5.52. The second-order valence-corrected chi connectivity index (χ2v) is 9.37. The molecule has 13 nitrogen and oxygen atoms in total. The molecule has 0 unspecified atom stereocenters. The Hall–Kier alpha value is -3.43. The van der Waals surface area contributed by atoms with E-state index < -0.39 is 28.1 Å². The fraction of sp³-hybridized carbons (Fsp3) is 0.333. The number of fused-ring (bicyclic) bond motifs is 2. The number of ether oxygens (including phenoxy) is 5. The van der Waals surface area contributed by atoms with Crippen molar-refractivity contribution in [2.24, 2.45) is 0 Å². The smallest absolute Gasteiger partial charge is 0.716 e. The van der Waals surface area contributed by atoms with E-state index in [-0.39, 0.29) is 101 Å². The van der Waals surface area contributed by atoms with E-state index in [1.54, 1.807) is 39.8 Å². The van der Waals surface area contributed by atoms with Crippen LogP contribution in [-0.4, -0.2) is 51.8 Å². The predicted octanol–water partition coefficient (Wildman–Crippen LogP) is 1.67. The van der Waals surface area contributed by atoms with Crippen LogP contribution in [0.2, 0.25) is 0 Å². The van der Waals surface area contributed by atoms with Crippen LogP contribution in [0.25, 0.3) is 21.9 Å². The number of aryl methyl sites for hydroxylation is 1. The number of esters is 2. The molecule has 42 heavy (non-hydrogen) atoms. The average molecular weight is 615 g/mol. The van der Waals surface area contributed by atoms with E-state index in [1.807, 2.05) is 0 Å². The van der Waals surface area contributed by atoms with Crippen molar-refractivity contribution < 1.29 is 88.8 Å². The largest absolute Gasteiger partial charge is 1.00 e. The number of furan rings is 2. The summed E-state index contributed by atoms with van der Waals surface area (Å²) < 4.78 is 77.3. The summed E-state index contributed by atoms with van der Waals surface area (Å²) >= 11 is 0. The fourth-order valence-corrected chi connectivity index (χ4v) is 4.58. The van der Waals surface area contributed by atoms with Gasteiger partial charge in [-0.15, -0.1) is 0 Å². The molecule has 220 valence electrons. The zero-order valence-corrected chi connectivity index (χ0v) is 26.7. The fourth-order valence-electron chi connectivity index (χ4n) is 4.23. The van der Waals surface area contributed by atoms with Gasteiger partial charge in [-0.1, -0.05) is 0 Å². The third-order valence-electron chi connectivity index (χ3n) is 5.79. The van der Waals surface area contributed by atoms with Crippen LogP contribution in [0.4, 0.5) is 0 Å². The van der Waals surface area contributed by atoms with E-state index in [4.69, 9.17) is 32.5 Å². The van der Waals surface area contributed by atoms with Crippen LogP contribution in [0, 0.1) is 6.92 Å². The number of carbonyl (C=O) groups excluding carboxylic acids is 2. The van der Waals surface area contributed by atoms with Crippen molar-refractivity contribution in [1.29, 1.82) is 0 Å². The second-order valence-electron chi connectivity index (χ2n) is 8.38. The Morgan fingerprint density at radius 2 is 1.33 bits per heavy atom. The van der Waals surface area contributed by atoms with Crippen molar-refractivity contribution >= 4 is 44.3 Å². The summed E-state index contributed by atoms with van der Waals surface area (Å²) in [5, 5.41) is 0.524. The van der Waals surface area contributed by atoms with Gasteiger partial charge in [0.15, 0.2) is 28.8 Å². The molecule has 2 aromatic heterocycles. The number of rotatable bonds is 12. The van der Waals surface area contributed by atoms with Gasteiger partial charge in [0, 0.05) is 22.9 Å². The van der Waals surface area contributed by atoms with Crippen LogP contribution in [0.15, 0.2) is 33.1 Å². The Balaban J connectivity index is 0.00000484. The van der Waals surface area contributed by atoms with Gasteiger partial charge >= 0.3 is 41.5 Å². The predicted molar refractivity (Wildman–Crippen MR) is 141 cm³/mol. The molecule has 4 aromatic rings. The number of carbonyl (C=O) groups is 2. The van der Waals surface area contributed by atoms with Crippen LogP contribution in [0.5, 0.6) is 23.0 Å². The topological polar surface area (TPSA) is 173 Å². The molecule has 0 N–H and O–H groups in total. The first kappa shape index (κ1) is 33.1. The van der Waals surface area contributed by atoms with E-state index in [0.29, 0.717) is 16.7 Å². The van der Waals surface area contributed by atoms with Crippen molar-refractivity contribution in [3.05, 3.63) is 46.9 Å². The average Bonchev–Trinajstić information content (AvgIpc) is 3.41. The van der Waals surface area contributed by atoms with Crippen LogP contribution in [0.1, 0.15) is 53.0 Å². The van der Waals surface area contributed by atoms with Crippen LogP contribution >= 0.6 is 0 Å². The third-order valence-corrected chi connectivity index (χ3v) is 6.17. The minimum Gasteiger partial charge on any atom is -0.716 e. The third kappa shape index (κ3) is 6.95. The van der Waals surface area contributed by atoms with Gasteiger partial charge in [0.25, 0.3) is 10.4 Å². The summed E-state index contributed by atoms with van der Waals surface area (Å²) in [4.78, 5) is 25.5. The van der Waals surface area contributed by atoms with Crippen molar-refractivity contribution in [3.8, 4) is 23.0 Å². The first-order valence-electron chi connectivity index (χ1n) is 12.5. The maximum atomic E-state index is 13.0. The van der Waals surface area contributed by atoms with Gasteiger partial charge in [0.2, 0.25) is 0 Å². The van der Waals surface area contributed by atoms with Gasteiger partial charge in [-0.25, -0.2) is 18.0 Å². The molecule has 0 saturated heterocycles. The standard InChI is InChI=1S/C27H28O13S.Na/c1-6-34-21-12-18-16(10-22(21)40-41(30,31)32)25(27(29)36-8-3)23(39-18)13-37-20-9-15-17(11-19(20)33-5)38-14(4)24(15)26(28)35-7-2;/h9-12H,6-8,13H2,1-5H3,(H,30,31,32);/q;+1/p-1. The second kappa shape index (κ2) is 13.7. The van der Waals surface area contributed by atoms with Crippen LogP contribution in [-0.2, 0) is 26.5 Å². The Bertz CT molecular complexity index is 1720. The first-order chi connectivity index (χ1) is 19.5. The monoisotopic (exact) mass is 614 g/mol. The quantitative estimate of drug-likeness (QED) is 0.0977. The number of hydrogen-bond donors (Lipinski definition) is 0. The van der Waals surface area contributed by atoms with Gasteiger partial charge < -0.3 is 41.3 Å².